The third kappa shape index (κ3) is 2.43. The van der Waals surface area contributed by atoms with Crippen molar-refractivity contribution in [3.63, 3.8) is 0 Å². The minimum absolute atomic E-state index is 0.672. The van der Waals surface area contributed by atoms with Crippen LogP contribution in [0.15, 0.2) is 66.0 Å². The van der Waals surface area contributed by atoms with Crippen LogP contribution in [0.1, 0.15) is 17.0 Å². The van der Waals surface area contributed by atoms with Crippen LogP contribution in [0.2, 0.25) is 0 Å². The number of rotatable bonds is 2. The molecule has 4 aromatic rings. The fourth-order valence-electron chi connectivity index (χ4n) is 3.21. The van der Waals surface area contributed by atoms with Gasteiger partial charge in [0.05, 0.1) is 12.2 Å². The molecule has 0 fully saturated rings. The van der Waals surface area contributed by atoms with Crippen molar-refractivity contribution >= 4 is 22.3 Å². The van der Waals surface area contributed by atoms with Crippen LogP contribution in [0.25, 0.3) is 16.6 Å². The highest BCUT2D eigenvalue weighted by Crippen LogP contribution is 2.25. The summed E-state index contributed by atoms with van der Waals surface area (Å²) >= 11 is 0. The Morgan fingerprint density at radius 1 is 1.04 bits per heavy atom. The molecule has 0 unspecified atom stereocenters. The topological polar surface area (TPSA) is 68.0 Å². The van der Waals surface area contributed by atoms with Crippen molar-refractivity contribution in [2.45, 2.75) is 13.5 Å². The minimum atomic E-state index is 0.672. The largest absolute Gasteiger partial charge is 0.339 e. The number of aromatic nitrogens is 4. The van der Waals surface area contributed by atoms with E-state index in [-0.39, 0.29) is 0 Å². The van der Waals surface area contributed by atoms with Gasteiger partial charge in [-0.3, -0.25) is 9.98 Å². The summed E-state index contributed by atoms with van der Waals surface area (Å²) < 4.78 is 1.81. The molecule has 1 N–H and O–H groups in total. The molecule has 0 saturated carbocycles. The smallest absolute Gasteiger partial charge is 0.161 e. The van der Waals surface area contributed by atoms with Gasteiger partial charge in [0.25, 0.3) is 0 Å². The molecule has 0 radical (unpaired) electrons. The lowest BCUT2D eigenvalue weighted by atomic mass is 10.1. The van der Waals surface area contributed by atoms with Gasteiger partial charge in [0.1, 0.15) is 5.69 Å². The first-order valence-electron chi connectivity index (χ1n) is 8.45. The maximum Gasteiger partial charge on any atom is 0.161 e. The first-order chi connectivity index (χ1) is 12.8. The molecule has 6 heteroatoms. The first-order valence-corrected chi connectivity index (χ1v) is 8.45. The number of hydrogen-bond donors (Lipinski definition) is 1. The van der Waals surface area contributed by atoms with Crippen molar-refractivity contribution in [2.75, 3.05) is 5.32 Å². The number of aliphatic imine (C=N–C) groups is 1. The Balaban J connectivity index is 1.52. The van der Waals surface area contributed by atoms with Crippen molar-refractivity contribution in [1.29, 1.82) is 0 Å². The van der Waals surface area contributed by atoms with Crippen molar-refractivity contribution < 1.29 is 0 Å². The van der Waals surface area contributed by atoms with Crippen LogP contribution in [-0.4, -0.2) is 25.6 Å². The fraction of sp³-hybridized carbons (Fsp3) is 0.100. The zero-order valence-electron chi connectivity index (χ0n) is 14.2. The SMILES string of the molecule is Cc1ccn(-c2nccc3cc(NC4=NCc5cccnc54)ccc23)n1. The second-order valence-electron chi connectivity index (χ2n) is 6.27. The lowest BCUT2D eigenvalue weighted by molar-refractivity contribution is 0.841. The Bertz CT molecular complexity index is 1160. The molecule has 0 bridgehead atoms. The summed E-state index contributed by atoms with van der Waals surface area (Å²) in [4.78, 5) is 13.5. The van der Waals surface area contributed by atoms with E-state index in [2.05, 4.69) is 43.6 Å². The van der Waals surface area contributed by atoms with E-state index in [0.717, 1.165) is 45.1 Å². The average Bonchev–Trinajstić information content (AvgIpc) is 3.28. The maximum absolute atomic E-state index is 4.56. The molecule has 0 amide bonds. The van der Waals surface area contributed by atoms with E-state index < -0.39 is 0 Å². The molecule has 3 aromatic heterocycles. The Morgan fingerprint density at radius 3 is 2.88 bits per heavy atom. The Labute approximate surface area is 150 Å². The van der Waals surface area contributed by atoms with Gasteiger partial charge >= 0.3 is 0 Å². The summed E-state index contributed by atoms with van der Waals surface area (Å²) in [5.74, 6) is 1.64. The van der Waals surface area contributed by atoms with Crippen LogP contribution < -0.4 is 5.32 Å². The van der Waals surface area contributed by atoms with Crippen LogP contribution in [0, 0.1) is 6.92 Å². The van der Waals surface area contributed by atoms with Crippen LogP contribution in [-0.2, 0) is 6.54 Å². The van der Waals surface area contributed by atoms with Crippen molar-refractivity contribution in [1.82, 2.24) is 19.7 Å². The molecular weight excluding hydrogens is 324 g/mol. The molecule has 1 aliphatic rings. The highest BCUT2D eigenvalue weighted by molar-refractivity contribution is 6.10. The van der Waals surface area contributed by atoms with Crippen molar-refractivity contribution in [3.8, 4) is 5.82 Å². The first kappa shape index (κ1) is 14.8. The van der Waals surface area contributed by atoms with E-state index >= 15 is 0 Å². The summed E-state index contributed by atoms with van der Waals surface area (Å²) in [5, 5.41) is 10.0. The second kappa shape index (κ2) is 5.77. The number of aryl methyl sites for hydroxylation is 1. The van der Waals surface area contributed by atoms with Gasteiger partial charge in [-0.2, -0.15) is 5.10 Å². The summed E-state index contributed by atoms with van der Waals surface area (Å²) in [6.45, 7) is 2.64. The Morgan fingerprint density at radius 2 is 2.00 bits per heavy atom. The van der Waals surface area contributed by atoms with E-state index in [1.54, 1.807) is 6.20 Å². The molecule has 0 saturated heterocycles. The molecule has 4 heterocycles. The third-order valence-electron chi connectivity index (χ3n) is 4.47. The van der Waals surface area contributed by atoms with Crippen molar-refractivity contribution in [3.05, 3.63) is 78.0 Å². The van der Waals surface area contributed by atoms with Gasteiger partial charge in [-0.05, 0) is 48.7 Å². The van der Waals surface area contributed by atoms with E-state index in [9.17, 15) is 0 Å². The number of hydrogen-bond acceptors (Lipinski definition) is 5. The number of benzene rings is 1. The molecule has 1 aromatic carbocycles. The zero-order valence-corrected chi connectivity index (χ0v) is 14.2. The van der Waals surface area contributed by atoms with Crippen LogP contribution in [0.4, 0.5) is 5.69 Å². The second-order valence-corrected chi connectivity index (χ2v) is 6.27. The Hall–Kier alpha value is -3.54. The molecule has 0 aliphatic carbocycles. The predicted octanol–water partition coefficient (Wildman–Crippen LogP) is 3.50. The highest BCUT2D eigenvalue weighted by Gasteiger charge is 2.17. The zero-order chi connectivity index (χ0) is 17.5. The number of nitrogens with zero attached hydrogens (tertiary/aromatic N) is 5. The molecular formula is C20H16N6. The molecule has 1 aliphatic heterocycles. The number of nitrogens with one attached hydrogen (secondary N) is 1. The average molecular weight is 340 g/mol. The summed E-state index contributed by atoms with van der Waals surface area (Å²) in [7, 11) is 0. The molecule has 6 nitrogen and oxygen atoms in total. The van der Waals surface area contributed by atoms with Gasteiger partial charge in [-0.1, -0.05) is 6.07 Å². The van der Waals surface area contributed by atoms with Gasteiger partial charge in [0, 0.05) is 35.2 Å². The maximum atomic E-state index is 4.56. The Kier molecular flexibility index (Phi) is 3.28. The number of anilines is 1. The van der Waals surface area contributed by atoms with Gasteiger partial charge in [0.15, 0.2) is 11.7 Å². The third-order valence-corrected chi connectivity index (χ3v) is 4.47. The molecule has 26 heavy (non-hydrogen) atoms. The number of pyridine rings is 2. The summed E-state index contributed by atoms with van der Waals surface area (Å²) in [6.07, 6.45) is 5.54. The highest BCUT2D eigenvalue weighted by atomic mass is 15.3. The summed E-state index contributed by atoms with van der Waals surface area (Å²) in [6, 6.07) is 14.2. The number of fused-ring (bicyclic) bond motifs is 2. The molecule has 5 rings (SSSR count). The van der Waals surface area contributed by atoms with Gasteiger partial charge < -0.3 is 5.32 Å². The summed E-state index contributed by atoms with van der Waals surface area (Å²) in [5.41, 5.74) is 4.02. The van der Waals surface area contributed by atoms with Crippen molar-refractivity contribution in [2.24, 2.45) is 4.99 Å². The van der Waals surface area contributed by atoms with Crippen LogP contribution in [0.5, 0.6) is 0 Å². The van der Waals surface area contributed by atoms with Gasteiger partial charge in [0.2, 0.25) is 0 Å². The van der Waals surface area contributed by atoms with E-state index in [1.807, 2.05) is 48.3 Å². The van der Waals surface area contributed by atoms with E-state index in [0.29, 0.717) is 6.54 Å². The van der Waals surface area contributed by atoms with E-state index in [1.165, 1.54) is 0 Å². The normalized spacial score (nSPS) is 12.9. The number of amidine groups is 1. The predicted molar refractivity (Wildman–Crippen MR) is 102 cm³/mol. The monoisotopic (exact) mass is 340 g/mol. The fourth-order valence-corrected chi connectivity index (χ4v) is 3.21. The van der Waals surface area contributed by atoms with E-state index in [4.69, 9.17) is 0 Å². The lowest BCUT2D eigenvalue weighted by Crippen LogP contribution is -2.13. The van der Waals surface area contributed by atoms with Crippen LogP contribution >= 0.6 is 0 Å². The van der Waals surface area contributed by atoms with Gasteiger partial charge in [-0.15, -0.1) is 0 Å². The molecule has 0 spiro atoms. The quantitative estimate of drug-likeness (QED) is 0.606. The van der Waals surface area contributed by atoms with Crippen LogP contribution in [0.3, 0.4) is 0 Å². The van der Waals surface area contributed by atoms with Gasteiger partial charge in [-0.25, -0.2) is 9.67 Å². The molecule has 126 valence electrons. The standard InChI is InChI=1S/C20H16N6/c1-13-7-10-26(25-13)20-17-5-4-16(11-14(17)6-9-22-20)24-19-18-15(12-23-19)3-2-8-21-18/h2-11H,12H2,1H3,(H,23,24). The minimum Gasteiger partial charge on any atom is -0.339 e. The molecule has 0 atom stereocenters. The lowest BCUT2D eigenvalue weighted by Gasteiger charge is -2.10.